The summed E-state index contributed by atoms with van der Waals surface area (Å²) in [6.07, 6.45) is 19.5. The normalized spacial score (nSPS) is 14.4. The molecule has 0 heterocycles. The van der Waals surface area contributed by atoms with Gasteiger partial charge in [0.2, 0.25) is 0 Å². The van der Waals surface area contributed by atoms with Gasteiger partial charge in [0.05, 0.1) is 12.0 Å². The van der Waals surface area contributed by atoms with Crippen LogP contribution in [0, 0.1) is 0 Å². The van der Waals surface area contributed by atoms with Gasteiger partial charge in [-0.1, -0.05) is 57.8 Å². The molecule has 4 nitrogen and oxygen atoms in total. The third-order valence-electron chi connectivity index (χ3n) is 4.25. The van der Waals surface area contributed by atoms with E-state index in [1.54, 1.807) is 12.2 Å². The molecule has 0 amide bonds. The first-order valence-corrected chi connectivity index (χ1v) is 11.4. The topological polar surface area (TPSA) is 49.7 Å². The Kier molecular flexibility index (Phi) is 10.7. The maximum atomic E-state index is 11.1. The predicted molar refractivity (Wildman–Crippen MR) is 109 cm³/mol. The van der Waals surface area contributed by atoms with Crippen molar-refractivity contribution in [2.45, 2.75) is 58.8 Å². The first-order chi connectivity index (χ1) is 11.9. The van der Waals surface area contributed by atoms with Crippen LogP contribution in [0.3, 0.4) is 0 Å². The Bertz CT molecular complexity index is 583. The zero-order valence-corrected chi connectivity index (χ0v) is 16.9. The molecule has 0 unspecified atom stereocenters. The average molecular weight is 367 g/mol. The van der Waals surface area contributed by atoms with Crippen LogP contribution in [0.4, 0.5) is 0 Å². The predicted octanol–water partition coefficient (Wildman–Crippen LogP) is 4.51. The Morgan fingerprint density at radius 3 is 2.20 bits per heavy atom. The summed E-state index contributed by atoms with van der Waals surface area (Å²) in [5.74, 6) is 0. The van der Waals surface area contributed by atoms with Crippen molar-refractivity contribution in [1.82, 2.24) is 4.90 Å². The molecule has 142 valence electrons. The Balaban J connectivity index is 2.28. The van der Waals surface area contributed by atoms with Crippen LogP contribution >= 0.6 is 0 Å². The van der Waals surface area contributed by atoms with E-state index in [0.717, 1.165) is 37.8 Å². The van der Waals surface area contributed by atoms with Crippen molar-refractivity contribution in [3.63, 3.8) is 0 Å². The molecule has 0 radical (unpaired) electrons. The van der Waals surface area contributed by atoms with E-state index >= 15 is 0 Å². The Labute approximate surface area is 154 Å². The summed E-state index contributed by atoms with van der Waals surface area (Å²) in [5, 5.41) is 0. The molecule has 1 rings (SSSR count). The SMILES string of the molecule is CCCCCCCN(CC)CCCC=C1C=CC(=NS(C)(=O)=O)C=C1. The van der Waals surface area contributed by atoms with Gasteiger partial charge in [0.1, 0.15) is 0 Å². The molecule has 0 atom stereocenters. The van der Waals surface area contributed by atoms with Crippen LogP contribution in [0.2, 0.25) is 0 Å². The number of nitrogens with zero attached hydrogens (tertiary/aromatic N) is 2. The summed E-state index contributed by atoms with van der Waals surface area (Å²) < 4.78 is 25.9. The van der Waals surface area contributed by atoms with E-state index in [1.807, 2.05) is 12.2 Å². The molecule has 25 heavy (non-hydrogen) atoms. The highest BCUT2D eigenvalue weighted by molar-refractivity contribution is 7.89. The Hall–Kier alpha value is -1.20. The number of sulfonamides is 1. The smallest absolute Gasteiger partial charge is 0.250 e. The van der Waals surface area contributed by atoms with E-state index in [2.05, 4.69) is 29.2 Å². The molecule has 5 heteroatoms. The zero-order chi connectivity index (χ0) is 18.5. The Morgan fingerprint density at radius 1 is 0.960 bits per heavy atom. The van der Waals surface area contributed by atoms with Crippen molar-refractivity contribution in [1.29, 1.82) is 0 Å². The summed E-state index contributed by atoms with van der Waals surface area (Å²) in [4.78, 5) is 2.54. The van der Waals surface area contributed by atoms with Crippen molar-refractivity contribution in [2.24, 2.45) is 4.40 Å². The molecular weight excluding hydrogens is 332 g/mol. The molecule has 0 aromatic heterocycles. The van der Waals surface area contributed by atoms with E-state index in [9.17, 15) is 8.42 Å². The molecule has 0 aliphatic heterocycles. The first kappa shape index (κ1) is 21.8. The standard InChI is InChI=1S/C20H34N2O2S/c1-4-6-7-8-10-17-22(5-2)18-11-9-12-19-13-15-20(16-14-19)21-25(3,23)24/h12-16H,4-11,17-18H2,1-3H3. The fraction of sp³-hybridized carbons (Fsp3) is 0.650. The summed E-state index contributed by atoms with van der Waals surface area (Å²) in [7, 11) is -3.33. The first-order valence-electron chi connectivity index (χ1n) is 9.53. The van der Waals surface area contributed by atoms with Gasteiger partial charge in [-0.25, -0.2) is 8.42 Å². The lowest BCUT2D eigenvalue weighted by Crippen LogP contribution is -2.25. The van der Waals surface area contributed by atoms with Gasteiger partial charge in [0.25, 0.3) is 10.0 Å². The fourth-order valence-electron chi connectivity index (χ4n) is 2.81. The van der Waals surface area contributed by atoms with Crippen molar-refractivity contribution in [3.8, 4) is 0 Å². The Morgan fingerprint density at radius 2 is 1.60 bits per heavy atom. The summed E-state index contributed by atoms with van der Waals surface area (Å²) in [6, 6.07) is 0. The van der Waals surface area contributed by atoms with Crippen LogP contribution < -0.4 is 0 Å². The fourth-order valence-corrected chi connectivity index (χ4v) is 3.32. The number of hydrogen-bond donors (Lipinski definition) is 0. The van der Waals surface area contributed by atoms with Crippen molar-refractivity contribution in [2.75, 3.05) is 25.9 Å². The van der Waals surface area contributed by atoms with E-state index in [4.69, 9.17) is 0 Å². The van der Waals surface area contributed by atoms with E-state index in [1.165, 1.54) is 38.6 Å². The van der Waals surface area contributed by atoms with Gasteiger partial charge in [-0.2, -0.15) is 4.40 Å². The lowest BCUT2D eigenvalue weighted by Gasteiger charge is -2.19. The molecular formula is C20H34N2O2S. The molecule has 0 aromatic carbocycles. The van der Waals surface area contributed by atoms with Crippen LogP contribution in [-0.4, -0.2) is 44.9 Å². The van der Waals surface area contributed by atoms with Crippen LogP contribution in [0.15, 0.2) is 40.4 Å². The number of hydrogen-bond acceptors (Lipinski definition) is 3. The van der Waals surface area contributed by atoms with Gasteiger partial charge in [-0.3, -0.25) is 0 Å². The lowest BCUT2D eigenvalue weighted by molar-refractivity contribution is 0.278. The minimum absolute atomic E-state index is 0.486. The van der Waals surface area contributed by atoms with Crippen LogP contribution in [-0.2, 0) is 10.0 Å². The number of allylic oxidation sites excluding steroid dienone is 6. The second-order valence-electron chi connectivity index (χ2n) is 6.61. The summed E-state index contributed by atoms with van der Waals surface area (Å²) in [6.45, 7) is 7.96. The molecule has 0 aromatic rings. The molecule has 0 bridgehead atoms. The number of rotatable bonds is 12. The average Bonchev–Trinajstić information content (AvgIpc) is 2.56. The highest BCUT2D eigenvalue weighted by Gasteiger charge is 2.03. The van der Waals surface area contributed by atoms with Crippen LogP contribution in [0.1, 0.15) is 58.8 Å². The van der Waals surface area contributed by atoms with Crippen LogP contribution in [0.25, 0.3) is 0 Å². The minimum Gasteiger partial charge on any atom is -0.304 e. The lowest BCUT2D eigenvalue weighted by atomic mass is 10.1. The molecule has 0 saturated heterocycles. The molecule has 0 N–H and O–H groups in total. The molecule has 0 saturated carbocycles. The number of unbranched alkanes of at least 4 members (excludes halogenated alkanes) is 5. The molecule has 1 aliphatic carbocycles. The minimum atomic E-state index is -3.33. The molecule has 0 spiro atoms. The third kappa shape index (κ3) is 11.1. The van der Waals surface area contributed by atoms with Crippen LogP contribution in [0.5, 0.6) is 0 Å². The molecule has 1 aliphatic rings. The second kappa shape index (κ2) is 12.2. The monoisotopic (exact) mass is 366 g/mol. The van der Waals surface area contributed by atoms with E-state index < -0.39 is 10.0 Å². The van der Waals surface area contributed by atoms with Gasteiger partial charge in [-0.05, 0) is 56.6 Å². The van der Waals surface area contributed by atoms with Gasteiger partial charge in [0, 0.05) is 0 Å². The maximum Gasteiger partial charge on any atom is 0.250 e. The third-order valence-corrected chi connectivity index (χ3v) is 4.79. The zero-order valence-electron chi connectivity index (χ0n) is 16.1. The molecule has 0 fully saturated rings. The van der Waals surface area contributed by atoms with Crippen molar-refractivity contribution >= 4 is 15.7 Å². The van der Waals surface area contributed by atoms with Crippen molar-refractivity contribution in [3.05, 3.63) is 36.0 Å². The van der Waals surface area contributed by atoms with Gasteiger partial charge in [-0.15, -0.1) is 0 Å². The largest absolute Gasteiger partial charge is 0.304 e. The summed E-state index contributed by atoms with van der Waals surface area (Å²) >= 11 is 0. The quantitative estimate of drug-likeness (QED) is 0.477. The highest BCUT2D eigenvalue weighted by Crippen LogP contribution is 2.10. The van der Waals surface area contributed by atoms with Gasteiger partial charge < -0.3 is 4.90 Å². The maximum absolute atomic E-state index is 11.1. The highest BCUT2D eigenvalue weighted by atomic mass is 32.2. The van der Waals surface area contributed by atoms with Gasteiger partial charge in [0.15, 0.2) is 0 Å². The van der Waals surface area contributed by atoms with Crippen molar-refractivity contribution < 1.29 is 8.42 Å². The van der Waals surface area contributed by atoms with Gasteiger partial charge >= 0.3 is 0 Å². The van der Waals surface area contributed by atoms with E-state index in [-0.39, 0.29) is 0 Å². The van der Waals surface area contributed by atoms with E-state index in [0.29, 0.717) is 5.71 Å². The summed E-state index contributed by atoms with van der Waals surface area (Å²) in [5.41, 5.74) is 1.61. The second-order valence-corrected chi connectivity index (χ2v) is 8.26.